The summed E-state index contributed by atoms with van der Waals surface area (Å²) in [5.74, 6) is 0.228. The van der Waals surface area contributed by atoms with Crippen LogP contribution in [0.4, 0.5) is 5.00 Å². The van der Waals surface area contributed by atoms with E-state index in [1.54, 1.807) is 18.2 Å². The smallest absolute Gasteiger partial charge is 0.257 e. The van der Waals surface area contributed by atoms with Crippen LogP contribution in [0.3, 0.4) is 0 Å². The van der Waals surface area contributed by atoms with Crippen molar-refractivity contribution in [1.29, 1.82) is 5.26 Å². The molecule has 1 amide bonds. The van der Waals surface area contributed by atoms with Crippen molar-refractivity contribution in [3.63, 3.8) is 0 Å². The molecule has 136 valence electrons. The van der Waals surface area contributed by atoms with Crippen LogP contribution in [-0.2, 0) is 12.8 Å². The van der Waals surface area contributed by atoms with Crippen molar-refractivity contribution in [1.82, 2.24) is 0 Å². The van der Waals surface area contributed by atoms with E-state index in [1.807, 2.05) is 0 Å². The lowest BCUT2D eigenvalue weighted by Gasteiger charge is -2.33. The second kappa shape index (κ2) is 7.23. The molecule has 6 heteroatoms. The third-order valence-corrected chi connectivity index (χ3v) is 7.01. The van der Waals surface area contributed by atoms with Crippen LogP contribution in [0.2, 0.25) is 10.0 Å². The van der Waals surface area contributed by atoms with Crippen LogP contribution in [0.15, 0.2) is 18.2 Å². The van der Waals surface area contributed by atoms with Crippen LogP contribution >= 0.6 is 34.5 Å². The van der Waals surface area contributed by atoms with Crippen molar-refractivity contribution in [2.24, 2.45) is 11.3 Å². The minimum atomic E-state index is -0.347. The fraction of sp³-hybridized carbons (Fsp3) is 0.400. The number of halogens is 2. The first-order valence-electron chi connectivity index (χ1n) is 8.52. The van der Waals surface area contributed by atoms with Gasteiger partial charge >= 0.3 is 0 Å². The lowest BCUT2D eigenvalue weighted by atomic mass is 9.72. The van der Waals surface area contributed by atoms with Crippen molar-refractivity contribution in [3.8, 4) is 6.07 Å². The Balaban J connectivity index is 1.90. The number of anilines is 1. The van der Waals surface area contributed by atoms with Crippen LogP contribution in [0.5, 0.6) is 0 Å². The first kappa shape index (κ1) is 19.2. The predicted molar refractivity (Wildman–Crippen MR) is 108 cm³/mol. The van der Waals surface area contributed by atoms with Gasteiger partial charge in [-0.15, -0.1) is 11.3 Å². The normalized spacial score (nSPS) is 16.7. The highest BCUT2D eigenvalue weighted by Gasteiger charge is 2.32. The standard InChI is InChI=1S/C20H20Cl2N2OS/c1-20(2,3)11-7-8-12-14(10-23)19(26-16(12)9-11)24-18(25)13-5-4-6-15(21)17(13)22/h4-6,11H,7-9H2,1-3H3,(H,24,25)/t11-/m1/s1. The Morgan fingerprint density at radius 3 is 2.73 bits per heavy atom. The van der Waals surface area contributed by atoms with Crippen molar-refractivity contribution in [2.75, 3.05) is 5.32 Å². The van der Waals surface area contributed by atoms with Crippen molar-refractivity contribution >= 4 is 45.4 Å². The highest BCUT2D eigenvalue weighted by Crippen LogP contribution is 2.44. The second-order valence-electron chi connectivity index (χ2n) is 7.68. The summed E-state index contributed by atoms with van der Waals surface area (Å²) in [5, 5.41) is 13.7. The quantitative estimate of drug-likeness (QED) is 0.632. The molecule has 1 atom stereocenters. The lowest BCUT2D eigenvalue weighted by Crippen LogP contribution is -2.26. The van der Waals surface area contributed by atoms with Crippen LogP contribution in [-0.4, -0.2) is 5.91 Å². The van der Waals surface area contributed by atoms with Gasteiger partial charge in [-0.05, 0) is 48.3 Å². The lowest BCUT2D eigenvalue weighted by molar-refractivity contribution is 0.102. The molecule has 0 radical (unpaired) electrons. The SMILES string of the molecule is CC(C)(C)[C@@H]1CCc2c(sc(NC(=O)c3cccc(Cl)c3Cl)c2C#N)C1. The molecule has 3 rings (SSSR count). The van der Waals surface area contributed by atoms with Gasteiger partial charge in [0.15, 0.2) is 0 Å². The Labute approximate surface area is 167 Å². The Hall–Kier alpha value is -1.54. The number of rotatable bonds is 2. The van der Waals surface area contributed by atoms with E-state index in [4.69, 9.17) is 23.2 Å². The van der Waals surface area contributed by atoms with E-state index in [9.17, 15) is 10.1 Å². The van der Waals surface area contributed by atoms with Gasteiger partial charge in [-0.3, -0.25) is 4.79 Å². The molecule has 0 spiro atoms. The first-order valence-corrected chi connectivity index (χ1v) is 10.1. The minimum absolute atomic E-state index is 0.222. The van der Waals surface area contributed by atoms with Gasteiger partial charge in [0.25, 0.3) is 5.91 Å². The van der Waals surface area contributed by atoms with Gasteiger partial charge in [0.05, 0.1) is 21.2 Å². The fourth-order valence-electron chi connectivity index (χ4n) is 3.38. The fourth-order valence-corrected chi connectivity index (χ4v) is 5.04. The summed E-state index contributed by atoms with van der Waals surface area (Å²) >= 11 is 13.7. The first-order chi connectivity index (χ1) is 12.2. The van der Waals surface area contributed by atoms with Gasteiger partial charge in [-0.1, -0.05) is 50.0 Å². The average molecular weight is 407 g/mol. The van der Waals surface area contributed by atoms with Gasteiger partial charge in [-0.25, -0.2) is 0 Å². The highest BCUT2D eigenvalue weighted by atomic mass is 35.5. The molecule has 0 bridgehead atoms. The Kier molecular flexibility index (Phi) is 5.35. The minimum Gasteiger partial charge on any atom is -0.312 e. The molecule has 1 aromatic carbocycles. The number of carbonyl (C=O) groups excluding carboxylic acids is 1. The second-order valence-corrected chi connectivity index (χ2v) is 9.57. The van der Waals surface area contributed by atoms with Crippen molar-refractivity contribution < 1.29 is 4.79 Å². The van der Waals surface area contributed by atoms with Gasteiger partial charge in [0.2, 0.25) is 0 Å². The highest BCUT2D eigenvalue weighted by molar-refractivity contribution is 7.16. The third-order valence-electron chi connectivity index (χ3n) is 5.03. The molecule has 2 aromatic rings. The van der Waals surface area contributed by atoms with Crippen LogP contribution in [0, 0.1) is 22.7 Å². The van der Waals surface area contributed by atoms with Crippen LogP contribution in [0.25, 0.3) is 0 Å². The van der Waals surface area contributed by atoms with Gasteiger partial charge < -0.3 is 5.32 Å². The molecule has 1 aliphatic rings. The summed E-state index contributed by atoms with van der Waals surface area (Å²) in [7, 11) is 0. The van der Waals surface area contributed by atoms with Gasteiger partial charge in [0.1, 0.15) is 11.1 Å². The van der Waals surface area contributed by atoms with Crippen molar-refractivity contribution in [3.05, 3.63) is 49.8 Å². The zero-order valence-electron chi connectivity index (χ0n) is 15.0. The number of thiophene rings is 1. The molecule has 1 heterocycles. The number of nitriles is 1. The van der Waals surface area contributed by atoms with E-state index in [0.29, 0.717) is 27.1 Å². The Morgan fingerprint density at radius 1 is 1.35 bits per heavy atom. The van der Waals surface area contributed by atoms with Gasteiger partial charge in [-0.2, -0.15) is 5.26 Å². The molecular weight excluding hydrogens is 387 g/mol. The van der Waals surface area contributed by atoms with E-state index < -0.39 is 0 Å². The molecular formula is C20H20Cl2N2OS. The maximum Gasteiger partial charge on any atom is 0.257 e. The number of hydrogen-bond donors (Lipinski definition) is 1. The summed E-state index contributed by atoms with van der Waals surface area (Å²) in [4.78, 5) is 13.8. The Bertz CT molecular complexity index is 906. The van der Waals surface area contributed by atoms with E-state index in [-0.39, 0.29) is 16.3 Å². The predicted octanol–water partition coefficient (Wildman–Crippen LogP) is 6.33. The third kappa shape index (κ3) is 3.62. The molecule has 0 saturated carbocycles. The number of carbonyl (C=O) groups is 1. The number of nitrogens with zero attached hydrogens (tertiary/aromatic N) is 1. The Morgan fingerprint density at radius 2 is 2.08 bits per heavy atom. The van der Waals surface area contributed by atoms with Gasteiger partial charge in [0, 0.05) is 4.88 Å². The topological polar surface area (TPSA) is 52.9 Å². The number of fused-ring (bicyclic) bond motifs is 1. The monoisotopic (exact) mass is 406 g/mol. The summed E-state index contributed by atoms with van der Waals surface area (Å²) in [5.41, 5.74) is 2.21. The molecule has 0 fully saturated rings. The summed E-state index contributed by atoms with van der Waals surface area (Å²) in [6.45, 7) is 6.77. The molecule has 26 heavy (non-hydrogen) atoms. The molecule has 0 unspecified atom stereocenters. The largest absolute Gasteiger partial charge is 0.312 e. The summed E-state index contributed by atoms with van der Waals surface area (Å²) < 4.78 is 0. The number of hydrogen-bond acceptors (Lipinski definition) is 3. The summed E-state index contributed by atoms with van der Waals surface area (Å²) in [6.07, 6.45) is 2.89. The van der Waals surface area contributed by atoms with E-state index >= 15 is 0 Å². The molecule has 1 aliphatic carbocycles. The maximum absolute atomic E-state index is 12.6. The average Bonchev–Trinajstić information content (AvgIpc) is 2.92. The van der Waals surface area contributed by atoms with E-state index in [0.717, 1.165) is 24.8 Å². The zero-order chi connectivity index (χ0) is 19.1. The van der Waals surface area contributed by atoms with Crippen molar-refractivity contribution in [2.45, 2.75) is 40.0 Å². The van der Waals surface area contributed by atoms with E-state index in [1.165, 1.54) is 16.2 Å². The zero-order valence-corrected chi connectivity index (χ0v) is 17.3. The van der Waals surface area contributed by atoms with E-state index in [2.05, 4.69) is 32.2 Å². The molecule has 1 N–H and O–H groups in total. The number of nitrogens with one attached hydrogen (secondary N) is 1. The molecule has 3 nitrogen and oxygen atoms in total. The molecule has 0 saturated heterocycles. The summed E-state index contributed by atoms with van der Waals surface area (Å²) in [6, 6.07) is 7.22. The number of amides is 1. The molecule has 0 aliphatic heterocycles. The maximum atomic E-state index is 12.6. The molecule has 1 aromatic heterocycles. The number of benzene rings is 1. The van der Waals surface area contributed by atoms with Crippen LogP contribution < -0.4 is 5.32 Å². The van der Waals surface area contributed by atoms with Crippen LogP contribution in [0.1, 0.15) is 53.6 Å².